The summed E-state index contributed by atoms with van der Waals surface area (Å²) in [5, 5.41) is 4.20. The molecule has 1 aromatic heterocycles. The zero-order valence-corrected chi connectivity index (χ0v) is 25.4. The molecule has 1 atom stereocenters. The van der Waals surface area contributed by atoms with Crippen molar-refractivity contribution in [2.75, 3.05) is 26.2 Å². The molecule has 5 rings (SSSR count). The maximum absolute atomic E-state index is 11.4. The fourth-order valence-corrected chi connectivity index (χ4v) is 4.81. The first-order valence-electron chi connectivity index (χ1n) is 15.1. The lowest BCUT2D eigenvalue weighted by atomic mass is 9.99. The van der Waals surface area contributed by atoms with Crippen LogP contribution in [-0.4, -0.2) is 63.5 Å². The molecule has 2 fully saturated rings. The summed E-state index contributed by atoms with van der Waals surface area (Å²) < 4.78 is 1.83. The second kappa shape index (κ2) is 17.2. The number of aromatic nitrogens is 2. The van der Waals surface area contributed by atoms with Crippen LogP contribution in [0.15, 0.2) is 84.7 Å². The molecule has 3 amide bonds. The minimum absolute atomic E-state index is 0.0434. The predicted octanol–water partition coefficient (Wildman–Crippen LogP) is 5.10. The van der Waals surface area contributed by atoms with Crippen molar-refractivity contribution >= 4 is 17.7 Å². The molecule has 42 heavy (non-hydrogen) atoms. The van der Waals surface area contributed by atoms with Gasteiger partial charge in [0.05, 0.1) is 12.6 Å². The van der Waals surface area contributed by atoms with Gasteiger partial charge in [-0.3, -0.25) is 24.0 Å². The number of likely N-dealkylation sites (tertiary alicyclic amines) is 1. The number of hydrogen-bond donors (Lipinski definition) is 1. The maximum Gasteiger partial charge on any atom is 0.226 e. The molecular formula is C34H47N5O3. The quantitative estimate of drug-likeness (QED) is 0.473. The molecule has 2 aromatic rings. The van der Waals surface area contributed by atoms with Crippen LogP contribution in [0.4, 0.5) is 0 Å². The number of nitrogens with two attached hydrogens (primary N) is 1. The molecule has 2 N–H and O–H groups in total. The number of piperidine rings is 1. The van der Waals surface area contributed by atoms with Crippen molar-refractivity contribution in [3.63, 3.8) is 0 Å². The number of carbonyl (C=O) groups excluding carboxylic acids is 3. The van der Waals surface area contributed by atoms with Crippen molar-refractivity contribution in [3.05, 3.63) is 90.3 Å². The number of rotatable bonds is 8. The lowest BCUT2D eigenvalue weighted by Crippen LogP contribution is -2.34. The van der Waals surface area contributed by atoms with Gasteiger partial charge in [-0.05, 0) is 81.3 Å². The molecule has 8 heteroatoms. The average Bonchev–Trinajstić information content (AvgIpc) is 3.75. The number of nitrogens with zero attached hydrogens (tertiary/aromatic N) is 4. The summed E-state index contributed by atoms with van der Waals surface area (Å²) in [5.74, 6) is 0.567. The van der Waals surface area contributed by atoms with E-state index in [0.29, 0.717) is 0 Å². The van der Waals surface area contributed by atoms with Gasteiger partial charge >= 0.3 is 0 Å². The van der Waals surface area contributed by atoms with Crippen LogP contribution in [0.3, 0.4) is 0 Å². The van der Waals surface area contributed by atoms with Crippen molar-refractivity contribution in [2.45, 2.75) is 65.3 Å². The van der Waals surface area contributed by atoms with Gasteiger partial charge in [0.25, 0.3) is 0 Å². The Balaban J connectivity index is 0.000000195. The number of amides is 3. The second-order valence-corrected chi connectivity index (χ2v) is 11.4. The Morgan fingerprint density at radius 2 is 1.67 bits per heavy atom. The Kier molecular flexibility index (Phi) is 13.4. The van der Waals surface area contributed by atoms with E-state index in [1.807, 2.05) is 47.3 Å². The first-order chi connectivity index (χ1) is 20.2. The van der Waals surface area contributed by atoms with E-state index in [1.165, 1.54) is 69.6 Å². The number of hydrogen-bond acceptors (Lipinski definition) is 5. The molecular weight excluding hydrogens is 526 g/mol. The Labute approximate surface area is 250 Å². The van der Waals surface area contributed by atoms with E-state index in [4.69, 9.17) is 5.73 Å². The predicted molar refractivity (Wildman–Crippen MR) is 167 cm³/mol. The van der Waals surface area contributed by atoms with E-state index >= 15 is 0 Å². The number of imide groups is 1. The van der Waals surface area contributed by atoms with Gasteiger partial charge < -0.3 is 10.6 Å². The van der Waals surface area contributed by atoms with Crippen LogP contribution in [0.25, 0.3) is 0 Å². The molecule has 0 bridgehead atoms. The monoisotopic (exact) mass is 573 g/mol. The van der Waals surface area contributed by atoms with E-state index in [1.54, 1.807) is 6.20 Å². The largest absolute Gasteiger partial charge is 0.369 e. The number of primary amides is 1. The average molecular weight is 574 g/mol. The first-order valence-corrected chi connectivity index (χ1v) is 15.1. The Hall–Kier alpha value is -3.78. The third-order valence-corrected chi connectivity index (χ3v) is 7.70. The minimum Gasteiger partial charge on any atom is -0.369 e. The summed E-state index contributed by atoms with van der Waals surface area (Å²) in [6.07, 6.45) is 20.7. The van der Waals surface area contributed by atoms with E-state index in [9.17, 15) is 14.4 Å². The smallest absolute Gasteiger partial charge is 0.226 e. The van der Waals surface area contributed by atoms with Gasteiger partial charge in [-0.25, -0.2) is 0 Å². The van der Waals surface area contributed by atoms with Gasteiger partial charge in [0.15, 0.2) is 0 Å². The zero-order chi connectivity index (χ0) is 30.3. The summed E-state index contributed by atoms with van der Waals surface area (Å²) in [4.78, 5) is 36.7. The standard InChI is InChI=1S/C15H17N3O2.C15H23N.C4H7NO/c1-12(19)17(13(2)20)11-14-5-3-6-15(8-7-14)18-10-4-9-16-18;1-14-9-12-16(13-10-14)11-5-8-15-6-3-2-4-7-15;5-4(6)3-1-2-3/h3-10,15H,11H2,1-2H3;2-4,6-7,14H,5,8-13H2,1H3;3H,1-2H2,(H2,5,6). The third kappa shape index (κ3) is 12.0. The highest BCUT2D eigenvalue weighted by molar-refractivity contribution is 5.93. The van der Waals surface area contributed by atoms with Gasteiger partial charge in [-0.15, -0.1) is 0 Å². The van der Waals surface area contributed by atoms with Crippen LogP contribution in [0.5, 0.6) is 0 Å². The molecule has 0 radical (unpaired) electrons. The van der Waals surface area contributed by atoms with E-state index in [-0.39, 0.29) is 36.2 Å². The number of aryl methyl sites for hydroxylation is 1. The minimum atomic E-state index is -0.247. The van der Waals surface area contributed by atoms with Crippen molar-refractivity contribution in [1.29, 1.82) is 0 Å². The highest BCUT2D eigenvalue weighted by atomic mass is 16.2. The van der Waals surface area contributed by atoms with Crippen molar-refractivity contribution in [1.82, 2.24) is 19.6 Å². The fourth-order valence-electron chi connectivity index (χ4n) is 4.81. The number of benzene rings is 1. The van der Waals surface area contributed by atoms with Crippen LogP contribution in [0, 0.1) is 11.8 Å². The number of carbonyl (C=O) groups is 3. The maximum atomic E-state index is 11.4. The summed E-state index contributed by atoms with van der Waals surface area (Å²) in [6, 6.07) is 12.7. The van der Waals surface area contributed by atoms with Crippen LogP contribution < -0.4 is 5.73 Å². The highest BCUT2D eigenvalue weighted by Gasteiger charge is 2.26. The van der Waals surface area contributed by atoms with Crippen molar-refractivity contribution in [2.24, 2.45) is 17.6 Å². The topological polar surface area (TPSA) is 102 Å². The molecule has 3 aliphatic rings. The normalized spacial score (nSPS) is 18.5. The van der Waals surface area contributed by atoms with Gasteiger partial charge in [-0.1, -0.05) is 67.6 Å². The molecule has 1 saturated carbocycles. The van der Waals surface area contributed by atoms with E-state index in [0.717, 1.165) is 24.3 Å². The van der Waals surface area contributed by atoms with Crippen LogP contribution in [0.1, 0.15) is 64.5 Å². The van der Waals surface area contributed by atoms with Gasteiger partial charge in [0.2, 0.25) is 17.7 Å². The first kappa shape index (κ1) is 32.7. The zero-order valence-electron chi connectivity index (χ0n) is 25.4. The van der Waals surface area contributed by atoms with Crippen LogP contribution in [0.2, 0.25) is 0 Å². The summed E-state index contributed by atoms with van der Waals surface area (Å²) >= 11 is 0. The molecule has 1 unspecified atom stereocenters. The fraction of sp³-hybridized carbons (Fsp3) is 0.471. The SMILES string of the molecule is CC(=O)N(CC1=CC=CC(n2cccn2)C=C1)C(C)=O.CC1CCN(CCCc2ccccc2)CC1.NC(=O)C1CC1. The molecule has 2 aliphatic carbocycles. The summed E-state index contributed by atoms with van der Waals surface area (Å²) in [6.45, 7) is 9.36. The Morgan fingerprint density at radius 3 is 2.21 bits per heavy atom. The van der Waals surface area contributed by atoms with Crippen molar-refractivity contribution in [3.8, 4) is 0 Å². The third-order valence-electron chi connectivity index (χ3n) is 7.70. The van der Waals surface area contributed by atoms with Crippen LogP contribution in [-0.2, 0) is 20.8 Å². The van der Waals surface area contributed by atoms with Gasteiger partial charge in [0.1, 0.15) is 0 Å². The number of allylic oxidation sites excluding steroid dienone is 4. The molecule has 8 nitrogen and oxygen atoms in total. The Bertz CT molecular complexity index is 1190. The Morgan fingerprint density at radius 1 is 0.976 bits per heavy atom. The van der Waals surface area contributed by atoms with Gasteiger partial charge in [0, 0.05) is 32.2 Å². The summed E-state index contributed by atoms with van der Waals surface area (Å²) in [7, 11) is 0. The second-order valence-electron chi connectivity index (χ2n) is 11.4. The highest BCUT2D eigenvalue weighted by Crippen LogP contribution is 2.27. The van der Waals surface area contributed by atoms with Crippen LogP contribution >= 0.6 is 0 Å². The van der Waals surface area contributed by atoms with Crippen molar-refractivity contribution < 1.29 is 14.4 Å². The molecule has 0 spiro atoms. The summed E-state index contributed by atoms with van der Waals surface area (Å²) in [5.41, 5.74) is 7.24. The molecule has 1 saturated heterocycles. The van der Waals surface area contributed by atoms with E-state index < -0.39 is 0 Å². The van der Waals surface area contributed by atoms with Gasteiger partial charge in [-0.2, -0.15) is 5.10 Å². The molecule has 2 heterocycles. The lowest BCUT2D eigenvalue weighted by Gasteiger charge is -2.30. The lowest BCUT2D eigenvalue weighted by molar-refractivity contribution is -0.141. The molecule has 226 valence electrons. The molecule has 1 aromatic carbocycles. The molecule has 1 aliphatic heterocycles. The van der Waals surface area contributed by atoms with E-state index in [2.05, 4.69) is 47.3 Å².